The van der Waals surface area contributed by atoms with Crippen LogP contribution in [0.1, 0.15) is 19.8 Å². The maximum absolute atomic E-state index is 11.5. The molecule has 0 radical (unpaired) electrons. The predicted octanol–water partition coefficient (Wildman–Crippen LogP) is -0.00990. The molecule has 0 aromatic carbocycles. The van der Waals surface area contributed by atoms with E-state index in [2.05, 4.69) is 10.4 Å². The summed E-state index contributed by atoms with van der Waals surface area (Å²) in [7, 11) is 0. The van der Waals surface area contributed by atoms with Crippen LogP contribution >= 0.6 is 0 Å². The molecule has 0 bridgehead atoms. The van der Waals surface area contributed by atoms with Crippen LogP contribution in [0.25, 0.3) is 0 Å². The van der Waals surface area contributed by atoms with Gasteiger partial charge in [-0.05, 0) is 24.8 Å². The number of nitrogens with one attached hydrogen (secondary N) is 1. The van der Waals surface area contributed by atoms with Gasteiger partial charge in [-0.2, -0.15) is 5.10 Å². The summed E-state index contributed by atoms with van der Waals surface area (Å²) in [6.07, 6.45) is 3.45. The van der Waals surface area contributed by atoms with Gasteiger partial charge in [0.25, 0.3) is 0 Å². The topological polar surface area (TPSA) is 93.2 Å². The molecule has 0 fully saturated rings. The molecule has 17 heavy (non-hydrogen) atoms. The zero-order chi connectivity index (χ0) is 12.7. The molecule has 1 aromatic heterocycles. The molecule has 0 saturated heterocycles. The van der Waals surface area contributed by atoms with Gasteiger partial charge in [0.1, 0.15) is 12.4 Å². The van der Waals surface area contributed by atoms with Gasteiger partial charge in [-0.3, -0.25) is 9.48 Å². The number of hydrogen-bond acceptors (Lipinski definition) is 4. The first-order chi connectivity index (χ1) is 8.11. The van der Waals surface area contributed by atoms with Crippen LogP contribution in [0.3, 0.4) is 0 Å². The Labute approximate surface area is 101 Å². The summed E-state index contributed by atoms with van der Waals surface area (Å²) in [4.78, 5) is 11.5. The normalized spacial score (nSPS) is 12.4. The van der Waals surface area contributed by atoms with Crippen molar-refractivity contribution >= 4 is 11.7 Å². The van der Waals surface area contributed by atoms with Gasteiger partial charge in [0.15, 0.2) is 0 Å². The number of carbonyl (C=O) groups is 1. The van der Waals surface area contributed by atoms with E-state index in [0.29, 0.717) is 12.4 Å². The van der Waals surface area contributed by atoms with Crippen LogP contribution in [0.15, 0.2) is 12.3 Å². The molecular formula is C11H20N4O2. The first kappa shape index (κ1) is 13.5. The third-order valence-electron chi connectivity index (χ3n) is 2.47. The highest BCUT2D eigenvalue weighted by Gasteiger charge is 2.04. The first-order valence-corrected chi connectivity index (χ1v) is 5.78. The van der Waals surface area contributed by atoms with E-state index in [1.54, 1.807) is 12.3 Å². The third-order valence-corrected chi connectivity index (χ3v) is 2.47. The van der Waals surface area contributed by atoms with Gasteiger partial charge in [-0.15, -0.1) is 0 Å². The zero-order valence-electron chi connectivity index (χ0n) is 10.1. The Kier molecular flexibility index (Phi) is 5.48. The van der Waals surface area contributed by atoms with Crippen LogP contribution in [0, 0.1) is 5.92 Å². The van der Waals surface area contributed by atoms with Crippen LogP contribution in [0.2, 0.25) is 0 Å². The molecule has 1 aromatic rings. The van der Waals surface area contributed by atoms with E-state index in [0.717, 1.165) is 12.8 Å². The summed E-state index contributed by atoms with van der Waals surface area (Å²) in [5, 5.41) is 15.5. The summed E-state index contributed by atoms with van der Waals surface area (Å²) < 4.78 is 1.50. The van der Waals surface area contributed by atoms with E-state index in [4.69, 9.17) is 10.8 Å². The molecule has 0 aliphatic heterocycles. The molecule has 0 spiro atoms. The second kappa shape index (κ2) is 6.90. The average Bonchev–Trinajstić information content (AvgIpc) is 2.69. The number of rotatable bonds is 7. The van der Waals surface area contributed by atoms with E-state index in [1.807, 2.05) is 6.92 Å². The molecule has 0 saturated carbocycles. The van der Waals surface area contributed by atoms with Crippen molar-refractivity contribution in [1.29, 1.82) is 0 Å². The fraction of sp³-hybridized carbons (Fsp3) is 0.636. The Bertz CT molecular complexity index is 351. The molecule has 6 nitrogen and oxygen atoms in total. The maximum atomic E-state index is 11.5. The van der Waals surface area contributed by atoms with Crippen molar-refractivity contribution < 1.29 is 9.90 Å². The van der Waals surface area contributed by atoms with Gasteiger partial charge in [0.05, 0.1) is 0 Å². The van der Waals surface area contributed by atoms with Crippen molar-refractivity contribution in [3.63, 3.8) is 0 Å². The largest absolute Gasteiger partial charge is 0.396 e. The highest BCUT2D eigenvalue weighted by Crippen LogP contribution is 2.02. The SMILES string of the molecule is CC(CO)CCCNC(=O)Cn1ccc(N)n1. The van der Waals surface area contributed by atoms with E-state index in [-0.39, 0.29) is 25.0 Å². The number of carbonyl (C=O) groups excluding carboxylic acids is 1. The molecular weight excluding hydrogens is 220 g/mol. The Morgan fingerprint density at radius 3 is 3.06 bits per heavy atom. The lowest BCUT2D eigenvalue weighted by Gasteiger charge is -2.08. The van der Waals surface area contributed by atoms with Crippen molar-refractivity contribution in [2.24, 2.45) is 5.92 Å². The van der Waals surface area contributed by atoms with Crippen molar-refractivity contribution in [2.75, 3.05) is 18.9 Å². The summed E-state index contributed by atoms with van der Waals surface area (Å²) in [5.74, 6) is 0.622. The number of aliphatic hydroxyl groups is 1. The van der Waals surface area contributed by atoms with Crippen LogP contribution in [-0.4, -0.2) is 33.9 Å². The minimum atomic E-state index is -0.0789. The van der Waals surface area contributed by atoms with Gasteiger partial charge in [-0.25, -0.2) is 0 Å². The summed E-state index contributed by atoms with van der Waals surface area (Å²) in [6.45, 7) is 2.99. The Balaban J connectivity index is 2.13. The van der Waals surface area contributed by atoms with Crippen molar-refractivity contribution in [3.05, 3.63) is 12.3 Å². The molecule has 0 aliphatic carbocycles. The van der Waals surface area contributed by atoms with Crippen molar-refractivity contribution in [1.82, 2.24) is 15.1 Å². The number of nitrogens with zero attached hydrogens (tertiary/aromatic N) is 2. The molecule has 1 atom stereocenters. The molecule has 96 valence electrons. The molecule has 6 heteroatoms. The van der Waals surface area contributed by atoms with Gasteiger partial charge in [0.2, 0.25) is 5.91 Å². The van der Waals surface area contributed by atoms with Crippen molar-refractivity contribution in [2.45, 2.75) is 26.3 Å². The van der Waals surface area contributed by atoms with Gasteiger partial charge in [0, 0.05) is 19.3 Å². The van der Waals surface area contributed by atoms with E-state index in [1.165, 1.54) is 4.68 Å². The van der Waals surface area contributed by atoms with E-state index in [9.17, 15) is 4.79 Å². The predicted molar refractivity (Wildman–Crippen MR) is 65.1 cm³/mol. The number of nitrogen functional groups attached to an aromatic ring is 1. The third kappa shape index (κ3) is 5.35. The molecule has 0 aliphatic rings. The number of nitrogens with two attached hydrogens (primary N) is 1. The fourth-order valence-electron chi connectivity index (χ4n) is 1.44. The smallest absolute Gasteiger partial charge is 0.241 e. The van der Waals surface area contributed by atoms with Gasteiger partial charge < -0.3 is 16.2 Å². The molecule has 1 heterocycles. The lowest BCUT2D eigenvalue weighted by atomic mass is 10.1. The second-order valence-corrected chi connectivity index (χ2v) is 4.22. The number of hydrogen-bond donors (Lipinski definition) is 3. The quantitative estimate of drug-likeness (QED) is 0.584. The number of amides is 1. The lowest BCUT2D eigenvalue weighted by Crippen LogP contribution is -2.28. The summed E-state index contributed by atoms with van der Waals surface area (Å²) in [5.41, 5.74) is 5.44. The zero-order valence-corrected chi connectivity index (χ0v) is 10.1. The standard InChI is InChI=1S/C11H20N4O2/c1-9(8-16)3-2-5-13-11(17)7-15-6-4-10(12)14-15/h4,6,9,16H,2-3,5,7-8H2,1H3,(H2,12,14)(H,13,17). The summed E-state index contributed by atoms with van der Waals surface area (Å²) in [6, 6.07) is 1.65. The number of aromatic nitrogens is 2. The fourth-order valence-corrected chi connectivity index (χ4v) is 1.44. The molecule has 1 unspecified atom stereocenters. The lowest BCUT2D eigenvalue weighted by molar-refractivity contribution is -0.121. The highest BCUT2D eigenvalue weighted by molar-refractivity contribution is 5.75. The minimum Gasteiger partial charge on any atom is -0.396 e. The highest BCUT2D eigenvalue weighted by atomic mass is 16.3. The minimum absolute atomic E-state index is 0.0789. The van der Waals surface area contributed by atoms with E-state index >= 15 is 0 Å². The van der Waals surface area contributed by atoms with Crippen LogP contribution in [-0.2, 0) is 11.3 Å². The van der Waals surface area contributed by atoms with Crippen molar-refractivity contribution in [3.8, 4) is 0 Å². The first-order valence-electron chi connectivity index (χ1n) is 5.78. The van der Waals surface area contributed by atoms with E-state index < -0.39 is 0 Å². The number of aliphatic hydroxyl groups excluding tert-OH is 1. The molecule has 1 rings (SSSR count). The Morgan fingerprint density at radius 1 is 1.71 bits per heavy atom. The van der Waals surface area contributed by atoms with Gasteiger partial charge in [-0.1, -0.05) is 6.92 Å². The van der Waals surface area contributed by atoms with Crippen LogP contribution < -0.4 is 11.1 Å². The number of anilines is 1. The average molecular weight is 240 g/mol. The Morgan fingerprint density at radius 2 is 2.47 bits per heavy atom. The second-order valence-electron chi connectivity index (χ2n) is 4.22. The van der Waals surface area contributed by atoms with Crippen LogP contribution in [0.5, 0.6) is 0 Å². The van der Waals surface area contributed by atoms with Gasteiger partial charge >= 0.3 is 0 Å². The Hall–Kier alpha value is -1.56. The molecule has 1 amide bonds. The summed E-state index contributed by atoms with van der Waals surface area (Å²) >= 11 is 0. The maximum Gasteiger partial charge on any atom is 0.241 e. The van der Waals surface area contributed by atoms with Crippen LogP contribution in [0.4, 0.5) is 5.82 Å². The molecule has 4 N–H and O–H groups in total. The monoisotopic (exact) mass is 240 g/mol.